The molecule has 0 heterocycles. The third-order valence-electron chi connectivity index (χ3n) is 3.60. The van der Waals surface area contributed by atoms with E-state index >= 15 is 0 Å². The molecular formula is C18H21BrO2. The second-order valence-electron chi connectivity index (χ2n) is 5.34. The first-order valence-corrected chi connectivity index (χ1v) is 7.94. The van der Waals surface area contributed by atoms with Crippen molar-refractivity contribution in [1.29, 1.82) is 0 Å². The van der Waals surface area contributed by atoms with E-state index in [4.69, 9.17) is 4.74 Å². The largest absolute Gasteiger partial charge is 0.497 e. The standard InChI is InChI=1S/C18H21BrO2/c1-13-3-5-14(6-4-13)7-8-16(20)11-15-12-17(21-2)9-10-18(15)19/h3-6,9-10,12,16,20H,7-8,11H2,1-2H3. The second kappa shape index (κ2) is 7.62. The first-order valence-electron chi connectivity index (χ1n) is 7.14. The van der Waals surface area contributed by atoms with Gasteiger partial charge >= 0.3 is 0 Å². The van der Waals surface area contributed by atoms with Crippen LogP contribution in [0, 0.1) is 6.92 Å². The molecule has 2 rings (SSSR count). The van der Waals surface area contributed by atoms with Gasteiger partial charge in [0.2, 0.25) is 0 Å². The molecule has 0 amide bonds. The minimum atomic E-state index is -0.352. The summed E-state index contributed by atoms with van der Waals surface area (Å²) in [4.78, 5) is 0. The first-order chi connectivity index (χ1) is 10.1. The Hall–Kier alpha value is -1.32. The molecule has 1 atom stereocenters. The van der Waals surface area contributed by atoms with Crippen LogP contribution in [-0.2, 0) is 12.8 Å². The Balaban J connectivity index is 1.92. The van der Waals surface area contributed by atoms with Crippen LogP contribution in [0.1, 0.15) is 23.1 Å². The molecule has 0 bridgehead atoms. The third-order valence-corrected chi connectivity index (χ3v) is 4.37. The molecule has 0 aromatic heterocycles. The fourth-order valence-corrected chi connectivity index (χ4v) is 2.69. The zero-order chi connectivity index (χ0) is 15.2. The van der Waals surface area contributed by atoms with Gasteiger partial charge in [-0.1, -0.05) is 45.8 Å². The predicted molar refractivity (Wildman–Crippen MR) is 89.9 cm³/mol. The van der Waals surface area contributed by atoms with Crippen LogP contribution in [0.2, 0.25) is 0 Å². The van der Waals surface area contributed by atoms with E-state index in [-0.39, 0.29) is 6.10 Å². The van der Waals surface area contributed by atoms with Gasteiger partial charge in [-0.05, 0) is 55.5 Å². The lowest BCUT2D eigenvalue weighted by molar-refractivity contribution is 0.165. The summed E-state index contributed by atoms with van der Waals surface area (Å²) in [6.07, 6.45) is 1.93. The average Bonchev–Trinajstić information content (AvgIpc) is 2.49. The van der Waals surface area contributed by atoms with Crippen LogP contribution in [0.5, 0.6) is 5.75 Å². The quantitative estimate of drug-likeness (QED) is 0.843. The molecule has 0 spiro atoms. The fraction of sp³-hybridized carbons (Fsp3) is 0.333. The highest BCUT2D eigenvalue weighted by molar-refractivity contribution is 9.10. The molecule has 0 saturated heterocycles. The number of hydrogen-bond acceptors (Lipinski definition) is 2. The van der Waals surface area contributed by atoms with Crippen molar-refractivity contribution in [3.8, 4) is 5.75 Å². The van der Waals surface area contributed by atoms with Crippen LogP contribution in [0.3, 0.4) is 0 Å². The molecule has 0 aliphatic carbocycles. The Morgan fingerprint density at radius 2 is 1.86 bits per heavy atom. The summed E-state index contributed by atoms with van der Waals surface area (Å²) >= 11 is 3.53. The number of aliphatic hydroxyl groups excluding tert-OH is 1. The topological polar surface area (TPSA) is 29.5 Å². The molecule has 112 valence electrons. The van der Waals surface area contributed by atoms with E-state index in [1.54, 1.807) is 7.11 Å². The molecule has 0 saturated carbocycles. The molecular weight excluding hydrogens is 328 g/mol. The number of methoxy groups -OCH3 is 1. The summed E-state index contributed by atoms with van der Waals surface area (Å²) in [5.74, 6) is 0.818. The van der Waals surface area contributed by atoms with E-state index in [0.29, 0.717) is 6.42 Å². The van der Waals surface area contributed by atoms with Gasteiger partial charge in [0.1, 0.15) is 5.75 Å². The van der Waals surface area contributed by atoms with E-state index in [2.05, 4.69) is 47.1 Å². The summed E-state index contributed by atoms with van der Waals surface area (Å²) in [6, 6.07) is 14.3. The Morgan fingerprint density at radius 3 is 2.52 bits per heavy atom. The minimum absolute atomic E-state index is 0.352. The van der Waals surface area contributed by atoms with Crippen molar-refractivity contribution in [1.82, 2.24) is 0 Å². The number of aliphatic hydroxyl groups is 1. The second-order valence-corrected chi connectivity index (χ2v) is 6.19. The van der Waals surface area contributed by atoms with Crippen LogP contribution in [0.25, 0.3) is 0 Å². The number of hydrogen-bond donors (Lipinski definition) is 1. The summed E-state index contributed by atoms with van der Waals surface area (Å²) in [7, 11) is 1.65. The molecule has 3 heteroatoms. The number of halogens is 1. The lowest BCUT2D eigenvalue weighted by atomic mass is 10.0. The van der Waals surface area contributed by atoms with Gasteiger partial charge < -0.3 is 9.84 Å². The van der Waals surface area contributed by atoms with Gasteiger partial charge in [-0.2, -0.15) is 0 Å². The van der Waals surface area contributed by atoms with E-state index < -0.39 is 0 Å². The minimum Gasteiger partial charge on any atom is -0.497 e. The van der Waals surface area contributed by atoms with Crippen molar-refractivity contribution >= 4 is 15.9 Å². The molecule has 0 radical (unpaired) electrons. The van der Waals surface area contributed by atoms with E-state index in [1.165, 1.54) is 11.1 Å². The van der Waals surface area contributed by atoms with E-state index in [0.717, 1.165) is 28.6 Å². The first kappa shape index (κ1) is 16.1. The van der Waals surface area contributed by atoms with Crippen molar-refractivity contribution in [2.24, 2.45) is 0 Å². The molecule has 2 aromatic carbocycles. The van der Waals surface area contributed by atoms with Crippen molar-refractivity contribution < 1.29 is 9.84 Å². The molecule has 1 unspecified atom stereocenters. The van der Waals surface area contributed by atoms with Gasteiger partial charge in [0, 0.05) is 4.47 Å². The zero-order valence-corrected chi connectivity index (χ0v) is 14.1. The molecule has 0 aliphatic rings. The summed E-state index contributed by atoms with van der Waals surface area (Å²) in [5.41, 5.74) is 3.61. The normalized spacial score (nSPS) is 12.2. The summed E-state index contributed by atoms with van der Waals surface area (Å²) in [6.45, 7) is 2.08. The lowest BCUT2D eigenvalue weighted by Gasteiger charge is -2.13. The Morgan fingerprint density at radius 1 is 1.14 bits per heavy atom. The van der Waals surface area contributed by atoms with Crippen LogP contribution in [0.15, 0.2) is 46.9 Å². The molecule has 21 heavy (non-hydrogen) atoms. The molecule has 0 fully saturated rings. The zero-order valence-electron chi connectivity index (χ0n) is 12.5. The highest BCUT2D eigenvalue weighted by atomic mass is 79.9. The maximum absolute atomic E-state index is 10.2. The summed E-state index contributed by atoms with van der Waals surface area (Å²) < 4.78 is 6.24. The highest BCUT2D eigenvalue weighted by Gasteiger charge is 2.10. The summed E-state index contributed by atoms with van der Waals surface area (Å²) in [5, 5.41) is 10.2. The van der Waals surface area contributed by atoms with Crippen LogP contribution < -0.4 is 4.74 Å². The van der Waals surface area contributed by atoms with Crippen molar-refractivity contribution in [2.75, 3.05) is 7.11 Å². The smallest absolute Gasteiger partial charge is 0.119 e. The van der Waals surface area contributed by atoms with Gasteiger partial charge in [0.25, 0.3) is 0 Å². The van der Waals surface area contributed by atoms with Crippen LogP contribution >= 0.6 is 15.9 Å². The number of rotatable bonds is 6. The Kier molecular flexibility index (Phi) is 5.83. The number of ether oxygens (including phenoxy) is 1. The Bertz CT molecular complexity index is 578. The van der Waals surface area contributed by atoms with Crippen molar-refractivity contribution in [2.45, 2.75) is 32.3 Å². The monoisotopic (exact) mass is 348 g/mol. The number of aryl methyl sites for hydroxylation is 2. The van der Waals surface area contributed by atoms with Gasteiger partial charge in [0.15, 0.2) is 0 Å². The highest BCUT2D eigenvalue weighted by Crippen LogP contribution is 2.24. The molecule has 2 nitrogen and oxygen atoms in total. The average molecular weight is 349 g/mol. The van der Waals surface area contributed by atoms with Crippen LogP contribution in [-0.4, -0.2) is 18.3 Å². The predicted octanol–water partition coefficient (Wildman–Crippen LogP) is 4.30. The van der Waals surface area contributed by atoms with Crippen molar-refractivity contribution in [3.05, 3.63) is 63.6 Å². The van der Waals surface area contributed by atoms with Gasteiger partial charge in [-0.3, -0.25) is 0 Å². The van der Waals surface area contributed by atoms with Crippen molar-refractivity contribution in [3.63, 3.8) is 0 Å². The number of benzene rings is 2. The Labute approximate surface area is 134 Å². The van der Waals surface area contributed by atoms with Gasteiger partial charge in [-0.25, -0.2) is 0 Å². The maximum Gasteiger partial charge on any atom is 0.119 e. The molecule has 2 aromatic rings. The SMILES string of the molecule is COc1ccc(Br)c(CC(O)CCc2ccc(C)cc2)c1. The van der Waals surface area contributed by atoms with Gasteiger partial charge in [-0.15, -0.1) is 0 Å². The third kappa shape index (κ3) is 4.87. The van der Waals surface area contributed by atoms with Gasteiger partial charge in [0.05, 0.1) is 13.2 Å². The van der Waals surface area contributed by atoms with E-state index in [1.807, 2.05) is 18.2 Å². The fourth-order valence-electron chi connectivity index (χ4n) is 2.28. The molecule has 1 N–H and O–H groups in total. The molecule has 0 aliphatic heterocycles. The van der Waals surface area contributed by atoms with Crippen LogP contribution in [0.4, 0.5) is 0 Å². The lowest BCUT2D eigenvalue weighted by Crippen LogP contribution is -2.12. The van der Waals surface area contributed by atoms with E-state index in [9.17, 15) is 5.11 Å². The maximum atomic E-state index is 10.2.